The number of piperidine rings is 1. The molecule has 0 saturated carbocycles. The van der Waals surface area contributed by atoms with Crippen molar-refractivity contribution >= 4 is 23.3 Å². The third-order valence-electron chi connectivity index (χ3n) is 2.79. The molecule has 1 heterocycles. The second kappa shape index (κ2) is 4.49. The monoisotopic (exact) mass is 231 g/mol. The molecule has 0 bridgehead atoms. The lowest BCUT2D eigenvalue weighted by molar-refractivity contribution is -0.129. The molecule has 0 aliphatic carbocycles. The second-order valence-corrected chi connectivity index (χ2v) is 4.08. The van der Waals surface area contributed by atoms with E-state index in [0.717, 1.165) is 0 Å². The molecule has 1 saturated heterocycles. The molecule has 1 aromatic rings. The predicted octanol–water partition coefficient (Wildman–Crippen LogP) is 1.93. The maximum atomic E-state index is 11.7. The minimum absolute atomic E-state index is 0.0799. The van der Waals surface area contributed by atoms with Gasteiger partial charge in [-0.2, -0.15) is 0 Å². The maximum Gasteiger partial charge on any atom is 0.233 e. The summed E-state index contributed by atoms with van der Waals surface area (Å²) in [6, 6.07) is 6.61. The van der Waals surface area contributed by atoms with Gasteiger partial charge in [0.25, 0.3) is 0 Å². The average Bonchev–Trinajstić information content (AvgIpc) is 2.29. The Bertz CT molecular complexity index is 477. The van der Waals surface area contributed by atoms with Crippen LogP contribution in [0.2, 0.25) is 0 Å². The fourth-order valence-corrected chi connectivity index (χ4v) is 1.91. The van der Waals surface area contributed by atoms with E-state index in [9.17, 15) is 14.4 Å². The minimum atomic E-state index is -0.193. The molecule has 0 aromatic heterocycles. The van der Waals surface area contributed by atoms with E-state index in [4.69, 9.17) is 0 Å². The third kappa shape index (κ3) is 2.25. The number of rotatable bonds is 2. The molecule has 1 fully saturated rings. The highest BCUT2D eigenvalue weighted by Crippen LogP contribution is 2.22. The summed E-state index contributed by atoms with van der Waals surface area (Å²) in [7, 11) is 0. The van der Waals surface area contributed by atoms with Gasteiger partial charge in [0.1, 0.15) is 0 Å². The quantitative estimate of drug-likeness (QED) is 0.577. The average molecular weight is 231 g/mol. The number of carbonyl (C=O) groups excluding carboxylic acids is 3. The standard InChI is InChI=1S/C13H13NO3/c1-9(15)10-4-2-5-11(8-10)14-12(16)6-3-7-13(14)17/h2,4-5,8H,3,6-7H2,1H3. The van der Waals surface area contributed by atoms with Crippen molar-refractivity contribution in [1.82, 2.24) is 0 Å². The van der Waals surface area contributed by atoms with Gasteiger partial charge in [0.2, 0.25) is 11.8 Å². The molecular weight excluding hydrogens is 218 g/mol. The van der Waals surface area contributed by atoms with E-state index < -0.39 is 0 Å². The smallest absolute Gasteiger partial charge is 0.233 e. The molecule has 0 unspecified atom stereocenters. The lowest BCUT2D eigenvalue weighted by Gasteiger charge is -2.25. The zero-order chi connectivity index (χ0) is 12.4. The Labute approximate surface area is 99.2 Å². The van der Waals surface area contributed by atoms with E-state index in [0.29, 0.717) is 30.5 Å². The van der Waals surface area contributed by atoms with Crippen molar-refractivity contribution in [3.05, 3.63) is 29.8 Å². The molecule has 2 amide bonds. The van der Waals surface area contributed by atoms with Crippen LogP contribution in [-0.4, -0.2) is 17.6 Å². The van der Waals surface area contributed by atoms with Crippen molar-refractivity contribution in [3.8, 4) is 0 Å². The van der Waals surface area contributed by atoms with Gasteiger partial charge >= 0.3 is 0 Å². The van der Waals surface area contributed by atoms with E-state index in [2.05, 4.69) is 0 Å². The van der Waals surface area contributed by atoms with Crippen LogP contribution in [0.1, 0.15) is 36.5 Å². The summed E-state index contributed by atoms with van der Waals surface area (Å²) in [5, 5.41) is 0. The summed E-state index contributed by atoms with van der Waals surface area (Å²) in [5.41, 5.74) is 1.00. The van der Waals surface area contributed by atoms with Crippen LogP contribution in [0.5, 0.6) is 0 Å². The number of nitrogens with zero attached hydrogens (tertiary/aromatic N) is 1. The summed E-state index contributed by atoms with van der Waals surface area (Å²) in [5.74, 6) is -0.465. The molecule has 1 aromatic carbocycles. The first-order chi connectivity index (χ1) is 8.09. The number of ketones is 1. The fourth-order valence-electron chi connectivity index (χ4n) is 1.91. The Balaban J connectivity index is 2.38. The van der Waals surface area contributed by atoms with Crippen LogP contribution in [0.15, 0.2) is 24.3 Å². The Morgan fingerprint density at radius 1 is 1.18 bits per heavy atom. The molecular formula is C13H13NO3. The molecule has 0 spiro atoms. The fraction of sp³-hybridized carbons (Fsp3) is 0.308. The number of benzene rings is 1. The largest absolute Gasteiger partial charge is 0.295 e. The van der Waals surface area contributed by atoms with Crippen LogP contribution in [-0.2, 0) is 9.59 Å². The van der Waals surface area contributed by atoms with E-state index in [-0.39, 0.29) is 17.6 Å². The number of Topliss-reactive ketones (excluding diaryl/α,β-unsaturated/α-hetero) is 1. The number of carbonyl (C=O) groups is 3. The lowest BCUT2D eigenvalue weighted by atomic mass is 10.1. The van der Waals surface area contributed by atoms with Gasteiger partial charge in [-0.25, -0.2) is 0 Å². The third-order valence-corrected chi connectivity index (χ3v) is 2.79. The van der Waals surface area contributed by atoms with E-state index in [1.165, 1.54) is 11.8 Å². The molecule has 0 atom stereocenters. The van der Waals surface area contributed by atoms with Crippen molar-refractivity contribution in [2.24, 2.45) is 0 Å². The predicted molar refractivity (Wildman–Crippen MR) is 62.8 cm³/mol. The van der Waals surface area contributed by atoms with Gasteiger partial charge in [-0.05, 0) is 25.5 Å². The molecule has 4 heteroatoms. The first kappa shape index (κ1) is 11.5. The van der Waals surface area contributed by atoms with Crippen LogP contribution in [0.4, 0.5) is 5.69 Å². The minimum Gasteiger partial charge on any atom is -0.295 e. The molecule has 1 aliphatic rings. The Kier molecular flexibility index (Phi) is 3.04. The molecule has 17 heavy (non-hydrogen) atoms. The van der Waals surface area contributed by atoms with Gasteiger partial charge in [-0.15, -0.1) is 0 Å². The first-order valence-corrected chi connectivity index (χ1v) is 5.56. The summed E-state index contributed by atoms with van der Waals surface area (Å²) in [6.07, 6.45) is 1.38. The van der Waals surface area contributed by atoms with Crippen molar-refractivity contribution in [2.75, 3.05) is 4.90 Å². The number of hydrogen-bond acceptors (Lipinski definition) is 3. The molecule has 4 nitrogen and oxygen atoms in total. The van der Waals surface area contributed by atoms with Crippen LogP contribution >= 0.6 is 0 Å². The summed E-state index contributed by atoms with van der Waals surface area (Å²) in [4.78, 5) is 35.8. The number of amides is 2. The van der Waals surface area contributed by atoms with Gasteiger partial charge in [0.05, 0.1) is 5.69 Å². The van der Waals surface area contributed by atoms with Crippen molar-refractivity contribution < 1.29 is 14.4 Å². The highest BCUT2D eigenvalue weighted by Gasteiger charge is 2.27. The van der Waals surface area contributed by atoms with Gasteiger partial charge < -0.3 is 0 Å². The van der Waals surface area contributed by atoms with E-state index in [1.54, 1.807) is 24.3 Å². The summed E-state index contributed by atoms with van der Waals surface area (Å²) < 4.78 is 0. The van der Waals surface area contributed by atoms with E-state index in [1.807, 2.05) is 0 Å². The SMILES string of the molecule is CC(=O)c1cccc(N2C(=O)CCCC2=O)c1. The number of anilines is 1. The van der Waals surface area contributed by atoms with E-state index >= 15 is 0 Å². The van der Waals surface area contributed by atoms with Crippen LogP contribution in [0.25, 0.3) is 0 Å². The highest BCUT2D eigenvalue weighted by atomic mass is 16.2. The molecule has 1 aliphatic heterocycles. The normalized spacial score (nSPS) is 16.2. The van der Waals surface area contributed by atoms with Crippen LogP contribution < -0.4 is 4.90 Å². The Morgan fingerprint density at radius 3 is 2.41 bits per heavy atom. The molecule has 0 radical (unpaired) electrons. The maximum absolute atomic E-state index is 11.7. The van der Waals surface area contributed by atoms with Gasteiger partial charge in [-0.3, -0.25) is 19.3 Å². The van der Waals surface area contributed by atoms with Gasteiger partial charge in [0, 0.05) is 18.4 Å². The topological polar surface area (TPSA) is 54.5 Å². The molecule has 0 N–H and O–H groups in total. The summed E-state index contributed by atoms with van der Waals surface area (Å²) in [6.45, 7) is 1.46. The van der Waals surface area contributed by atoms with Gasteiger partial charge in [-0.1, -0.05) is 12.1 Å². The number of hydrogen-bond donors (Lipinski definition) is 0. The lowest BCUT2D eigenvalue weighted by Crippen LogP contribution is -2.40. The van der Waals surface area contributed by atoms with Crippen LogP contribution in [0.3, 0.4) is 0 Å². The Morgan fingerprint density at radius 2 is 1.82 bits per heavy atom. The van der Waals surface area contributed by atoms with Crippen LogP contribution in [0, 0.1) is 0 Å². The van der Waals surface area contributed by atoms with Crippen molar-refractivity contribution in [2.45, 2.75) is 26.2 Å². The molecule has 88 valence electrons. The zero-order valence-corrected chi connectivity index (χ0v) is 9.60. The first-order valence-electron chi connectivity index (χ1n) is 5.56. The zero-order valence-electron chi connectivity index (χ0n) is 9.60. The summed E-state index contributed by atoms with van der Waals surface area (Å²) >= 11 is 0. The van der Waals surface area contributed by atoms with Crippen molar-refractivity contribution in [1.29, 1.82) is 0 Å². The highest BCUT2D eigenvalue weighted by molar-refractivity contribution is 6.16. The van der Waals surface area contributed by atoms with Crippen molar-refractivity contribution in [3.63, 3.8) is 0 Å². The number of imide groups is 1. The second-order valence-electron chi connectivity index (χ2n) is 4.08. The van der Waals surface area contributed by atoms with Gasteiger partial charge in [0.15, 0.2) is 5.78 Å². The molecule has 2 rings (SSSR count). The Hall–Kier alpha value is -1.97.